The summed E-state index contributed by atoms with van der Waals surface area (Å²) in [7, 11) is 1.37. The molecule has 0 aromatic rings. The normalized spacial score (nSPS) is 55.4. The van der Waals surface area contributed by atoms with Crippen LogP contribution in [0.3, 0.4) is 0 Å². The maximum atomic E-state index is 9.56. The second-order valence-corrected chi connectivity index (χ2v) is 3.28. The van der Waals surface area contributed by atoms with Gasteiger partial charge in [-0.1, -0.05) is 0 Å². The lowest BCUT2D eigenvalue weighted by molar-refractivity contribution is -0.324. The Hall–Kier alpha value is -0.240. The molecule has 3 N–H and O–H groups in total. The maximum absolute atomic E-state index is 9.56. The topological polar surface area (TPSA) is 88.4 Å². The van der Waals surface area contributed by atoms with E-state index in [1.807, 2.05) is 0 Å². The molecule has 6 nitrogen and oxygen atoms in total. The van der Waals surface area contributed by atoms with Crippen LogP contribution in [0.1, 0.15) is 0 Å². The van der Waals surface area contributed by atoms with E-state index in [-0.39, 0.29) is 6.61 Å². The van der Waals surface area contributed by atoms with Gasteiger partial charge >= 0.3 is 0 Å². The fourth-order valence-corrected chi connectivity index (χ4v) is 1.65. The van der Waals surface area contributed by atoms with Crippen molar-refractivity contribution in [1.82, 2.24) is 0 Å². The van der Waals surface area contributed by atoms with Gasteiger partial charge in [-0.15, -0.1) is 0 Å². The average Bonchev–Trinajstić information content (AvgIpc) is 2.45. The molecule has 13 heavy (non-hydrogen) atoms. The minimum absolute atomic E-state index is 0.157. The second-order valence-electron chi connectivity index (χ2n) is 3.28. The average molecular weight is 192 g/mol. The minimum atomic E-state index is -1.79. The Kier molecular flexibility index (Phi) is 2.06. The van der Waals surface area contributed by atoms with E-state index in [4.69, 9.17) is 14.2 Å². The molecule has 0 unspecified atom stereocenters. The van der Waals surface area contributed by atoms with Crippen molar-refractivity contribution in [1.29, 1.82) is 0 Å². The summed E-state index contributed by atoms with van der Waals surface area (Å²) >= 11 is 0. The number of hydrogen-bond acceptors (Lipinski definition) is 6. The van der Waals surface area contributed by atoms with E-state index in [9.17, 15) is 15.3 Å². The van der Waals surface area contributed by atoms with Gasteiger partial charge < -0.3 is 29.5 Å². The van der Waals surface area contributed by atoms with Crippen LogP contribution in [0.5, 0.6) is 0 Å². The molecule has 0 aliphatic carbocycles. The van der Waals surface area contributed by atoms with Crippen molar-refractivity contribution >= 4 is 0 Å². The third-order valence-electron chi connectivity index (χ3n) is 2.44. The van der Waals surface area contributed by atoms with E-state index in [0.717, 1.165) is 0 Å². The molecule has 5 atom stereocenters. The van der Waals surface area contributed by atoms with E-state index in [1.165, 1.54) is 7.11 Å². The molecular weight excluding hydrogens is 180 g/mol. The highest BCUT2D eigenvalue weighted by molar-refractivity contribution is 4.97. The highest BCUT2D eigenvalue weighted by atomic mass is 16.8. The number of hydrogen-bond donors (Lipinski definition) is 3. The van der Waals surface area contributed by atoms with Gasteiger partial charge in [-0.2, -0.15) is 0 Å². The van der Waals surface area contributed by atoms with Gasteiger partial charge in [0.25, 0.3) is 0 Å². The summed E-state index contributed by atoms with van der Waals surface area (Å²) in [6.45, 7) is -0.157. The van der Waals surface area contributed by atoms with Crippen molar-refractivity contribution in [2.24, 2.45) is 0 Å². The first-order chi connectivity index (χ1) is 6.08. The zero-order chi connectivity index (χ0) is 9.64. The molecule has 2 bridgehead atoms. The quantitative estimate of drug-likeness (QED) is 0.437. The van der Waals surface area contributed by atoms with Crippen LogP contribution in [-0.2, 0) is 14.2 Å². The lowest BCUT2D eigenvalue weighted by atomic mass is 9.98. The monoisotopic (exact) mass is 192 g/mol. The van der Waals surface area contributed by atoms with Gasteiger partial charge in [0.05, 0.1) is 0 Å². The first kappa shape index (κ1) is 9.32. The lowest BCUT2D eigenvalue weighted by Crippen LogP contribution is -2.61. The first-order valence-corrected chi connectivity index (χ1v) is 3.99. The second kappa shape index (κ2) is 2.88. The molecule has 2 rings (SSSR count). The van der Waals surface area contributed by atoms with Gasteiger partial charge in [0.2, 0.25) is 5.79 Å². The van der Waals surface area contributed by atoms with E-state index in [0.29, 0.717) is 0 Å². The van der Waals surface area contributed by atoms with E-state index >= 15 is 0 Å². The summed E-state index contributed by atoms with van der Waals surface area (Å²) in [5.41, 5.74) is 0. The fourth-order valence-electron chi connectivity index (χ4n) is 1.65. The molecule has 0 saturated carbocycles. The molecule has 2 aliphatic heterocycles. The van der Waals surface area contributed by atoms with Crippen molar-refractivity contribution in [3.63, 3.8) is 0 Å². The van der Waals surface area contributed by atoms with Crippen LogP contribution in [0.15, 0.2) is 0 Å². The van der Waals surface area contributed by atoms with Crippen LogP contribution in [-0.4, -0.2) is 59.4 Å². The Bertz CT molecular complexity index is 207. The van der Waals surface area contributed by atoms with E-state index < -0.39 is 30.4 Å². The minimum Gasteiger partial charge on any atom is -0.387 e. The largest absolute Gasteiger partial charge is 0.387 e. The highest BCUT2D eigenvalue weighted by Gasteiger charge is 2.58. The number of ether oxygens (including phenoxy) is 3. The SMILES string of the molecule is CO[C@H]1[C@H]2OC[C@](O)(O2)[C@@H](O)[C@@H]1O. The van der Waals surface area contributed by atoms with Gasteiger partial charge in [-0.3, -0.25) is 0 Å². The molecule has 2 fully saturated rings. The predicted molar refractivity (Wildman–Crippen MR) is 38.6 cm³/mol. The Balaban J connectivity index is 2.23. The molecule has 6 heteroatoms. The Labute approximate surface area is 74.6 Å². The predicted octanol–water partition coefficient (Wildman–Crippen LogP) is -2.20. The molecule has 0 amide bonds. The third-order valence-corrected chi connectivity index (χ3v) is 2.44. The van der Waals surface area contributed by atoms with Gasteiger partial charge in [0.1, 0.15) is 24.9 Å². The van der Waals surface area contributed by atoms with Crippen molar-refractivity contribution in [2.75, 3.05) is 13.7 Å². The van der Waals surface area contributed by atoms with E-state index in [1.54, 1.807) is 0 Å². The van der Waals surface area contributed by atoms with Crippen LogP contribution < -0.4 is 0 Å². The standard InChI is InChI=1S/C7H12O6/c1-11-4-3(8)5(9)7(10)2-12-6(4)13-7/h3-6,8-10H,2H2,1H3/t3-,4-,5+,6+,7+/m1/s1. The molecule has 2 saturated heterocycles. The number of rotatable bonds is 1. The zero-order valence-electron chi connectivity index (χ0n) is 7.08. The van der Waals surface area contributed by atoms with Gasteiger partial charge in [-0.25, -0.2) is 0 Å². The molecular formula is C7H12O6. The molecule has 2 aliphatic rings. The molecule has 0 aromatic carbocycles. The maximum Gasteiger partial charge on any atom is 0.221 e. The van der Waals surface area contributed by atoms with Gasteiger partial charge in [0, 0.05) is 7.11 Å². The Morgan fingerprint density at radius 3 is 2.77 bits per heavy atom. The smallest absolute Gasteiger partial charge is 0.221 e. The summed E-state index contributed by atoms with van der Waals surface area (Å²) < 4.78 is 14.9. The van der Waals surface area contributed by atoms with Crippen molar-refractivity contribution in [2.45, 2.75) is 30.4 Å². The van der Waals surface area contributed by atoms with Crippen LogP contribution in [0, 0.1) is 0 Å². The number of aliphatic hydroxyl groups excluding tert-OH is 2. The number of aliphatic hydroxyl groups is 3. The molecule has 0 aromatic heterocycles. The summed E-state index contributed by atoms with van der Waals surface area (Å²) in [5.74, 6) is -1.79. The molecule has 76 valence electrons. The van der Waals surface area contributed by atoms with Crippen LogP contribution in [0.2, 0.25) is 0 Å². The highest BCUT2D eigenvalue weighted by Crippen LogP contribution is 2.35. The molecule has 0 radical (unpaired) electrons. The first-order valence-electron chi connectivity index (χ1n) is 3.99. The Morgan fingerprint density at radius 2 is 2.15 bits per heavy atom. The van der Waals surface area contributed by atoms with E-state index in [2.05, 4.69) is 0 Å². The van der Waals surface area contributed by atoms with Crippen LogP contribution in [0.25, 0.3) is 0 Å². The van der Waals surface area contributed by atoms with Crippen molar-refractivity contribution in [3.8, 4) is 0 Å². The van der Waals surface area contributed by atoms with Crippen LogP contribution >= 0.6 is 0 Å². The van der Waals surface area contributed by atoms with Crippen LogP contribution in [0.4, 0.5) is 0 Å². The summed E-state index contributed by atoms with van der Waals surface area (Å²) in [4.78, 5) is 0. The summed E-state index contributed by atoms with van der Waals surface area (Å²) in [6.07, 6.45) is -4.18. The summed E-state index contributed by atoms with van der Waals surface area (Å²) in [6, 6.07) is 0. The van der Waals surface area contributed by atoms with Crippen molar-refractivity contribution < 1.29 is 29.5 Å². The van der Waals surface area contributed by atoms with Gasteiger partial charge in [-0.05, 0) is 0 Å². The fraction of sp³-hybridized carbons (Fsp3) is 1.00. The zero-order valence-corrected chi connectivity index (χ0v) is 7.08. The third kappa shape index (κ3) is 1.18. The number of fused-ring (bicyclic) bond motifs is 2. The Morgan fingerprint density at radius 1 is 1.46 bits per heavy atom. The lowest BCUT2D eigenvalue weighted by Gasteiger charge is -2.38. The van der Waals surface area contributed by atoms with Crippen molar-refractivity contribution in [3.05, 3.63) is 0 Å². The number of methoxy groups -OCH3 is 1. The molecule has 2 heterocycles. The summed E-state index contributed by atoms with van der Waals surface area (Å²) in [5, 5.41) is 28.5. The van der Waals surface area contributed by atoms with Gasteiger partial charge in [0.15, 0.2) is 6.29 Å². The molecule has 0 spiro atoms.